The molecule has 1 aromatic rings. The smallest absolute Gasteiger partial charge is 0.167 e. The zero-order chi connectivity index (χ0) is 12.3. The van der Waals surface area contributed by atoms with Crippen molar-refractivity contribution in [2.45, 2.75) is 19.4 Å². The number of aromatic hydroxyl groups is 1. The molecule has 0 saturated heterocycles. The number of methoxy groups -OCH3 is 2. The second kappa shape index (κ2) is 5.27. The van der Waals surface area contributed by atoms with Gasteiger partial charge in [0.05, 0.1) is 19.2 Å². The number of phenols is 1. The zero-order valence-corrected chi connectivity index (χ0v) is 10.3. The molecule has 0 radical (unpaired) electrons. The second-order valence-electron chi connectivity index (χ2n) is 3.60. The van der Waals surface area contributed by atoms with Crippen LogP contribution in [0.5, 0.6) is 17.2 Å². The Kier molecular flexibility index (Phi) is 4.26. The number of benzene rings is 1. The molecule has 90 valence electrons. The molecule has 0 bridgehead atoms. The molecule has 5 heteroatoms. The summed E-state index contributed by atoms with van der Waals surface area (Å²) in [7, 11) is 3.02. The molecular formula is C11H16ClNO3. The molecule has 1 aromatic carbocycles. The predicted molar refractivity (Wildman–Crippen MR) is 63.6 cm³/mol. The molecule has 0 fully saturated rings. The highest BCUT2D eigenvalue weighted by Gasteiger charge is 2.19. The Bertz CT molecular complexity index is 380. The molecule has 3 N–H and O–H groups in total. The van der Waals surface area contributed by atoms with Crippen molar-refractivity contribution >= 4 is 11.6 Å². The molecule has 0 heterocycles. The van der Waals surface area contributed by atoms with E-state index in [1.807, 2.05) is 6.92 Å². The third-order valence-electron chi connectivity index (χ3n) is 2.22. The minimum Gasteiger partial charge on any atom is -0.506 e. The van der Waals surface area contributed by atoms with E-state index in [2.05, 4.69) is 0 Å². The first kappa shape index (κ1) is 12.9. The van der Waals surface area contributed by atoms with Crippen molar-refractivity contribution in [3.63, 3.8) is 0 Å². The summed E-state index contributed by atoms with van der Waals surface area (Å²) < 4.78 is 10.3. The van der Waals surface area contributed by atoms with Gasteiger partial charge >= 0.3 is 0 Å². The van der Waals surface area contributed by atoms with Crippen LogP contribution in [0.3, 0.4) is 0 Å². The van der Waals surface area contributed by atoms with Crippen LogP contribution in [0.15, 0.2) is 6.07 Å². The lowest BCUT2D eigenvalue weighted by molar-refractivity contribution is 0.346. The van der Waals surface area contributed by atoms with Crippen LogP contribution in [-0.2, 0) is 6.42 Å². The number of hydrogen-bond acceptors (Lipinski definition) is 4. The number of ether oxygens (including phenoxy) is 2. The number of phenolic OH excluding ortho intramolecular Hbond substituents is 1. The standard InChI is InChI=1S/C11H16ClNO3/c1-6(13)4-7-10(14)8(12)5-9(15-2)11(7)16-3/h5-6,14H,4,13H2,1-3H3. The molecule has 1 atom stereocenters. The summed E-state index contributed by atoms with van der Waals surface area (Å²) in [6, 6.07) is 1.41. The van der Waals surface area contributed by atoms with Crippen LogP contribution in [0.1, 0.15) is 12.5 Å². The van der Waals surface area contributed by atoms with E-state index in [1.54, 1.807) is 0 Å². The van der Waals surface area contributed by atoms with E-state index in [0.29, 0.717) is 23.5 Å². The Hall–Kier alpha value is -1.13. The first-order valence-electron chi connectivity index (χ1n) is 4.89. The lowest BCUT2D eigenvalue weighted by Gasteiger charge is -2.16. The van der Waals surface area contributed by atoms with Crippen molar-refractivity contribution in [3.8, 4) is 17.2 Å². The predicted octanol–water partition coefficient (Wildman–Crippen LogP) is 1.95. The largest absolute Gasteiger partial charge is 0.506 e. The van der Waals surface area contributed by atoms with Gasteiger partial charge in [-0.3, -0.25) is 0 Å². The Morgan fingerprint density at radius 3 is 2.50 bits per heavy atom. The monoisotopic (exact) mass is 245 g/mol. The van der Waals surface area contributed by atoms with Gasteiger partial charge in [0.25, 0.3) is 0 Å². The molecular weight excluding hydrogens is 230 g/mol. The van der Waals surface area contributed by atoms with E-state index >= 15 is 0 Å². The summed E-state index contributed by atoms with van der Waals surface area (Å²) >= 11 is 5.88. The van der Waals surface area contributed by atoms with E-state index in [9.17, 15) is 5.11 Å². The van der Waals surface area contributed by atoms with Gasteiger partial charge in [0.15, 0.2) is 11.5 Å². The highest BCUT2D eigenvalue weighted by Crippen LogP contribution is 2.42. The van der Waals surface area contributed by atoms with E-state index in [-0.39, 0.29) is 16.8 Å². The Morgan fingerprint density at radius 2 is 2.06 bits per heavy atom. The van der Waals surface area contributed by atoms with Crippen LogP contribution in [0.4, 0.5) is 0 Å². The van der Waals surface area contributed by atoms with Gasteiger partial charge in [-0.2, -0.15) is 0 Å². The molecule has 0 aromatic heterocycles. The van der Waals surface area contributed by atoms with Crippen molar-refractivity contribution in [1.29, 1.82) is 0 Å². The van der Waals surface area contributed by atoms with Crippen molar-refractivity contribution < 1.29 is 14.6 Å². The van der Waals surface area contributed by atoms with E-state index in [4.69, 9.17) is 26.8 Å². The van der Waals surface area contributed by atoms with Gasteiger partial charge in [0, 0.05) is 17.7 Å². The van der Waals surface area contributed by atoms with Gasteiger partial charge in [0.2, 0.25) is 0 Å². The van der Waals surface area contributed by atoms with E-state index in [1.165, 1.54) is 20.3 Å². The number of rotatable bonds is 4. The third kappa shape index (κ3) is 2.51. The summed E-state index contributed by atoms with van der Waals surface area (Å²) in [6.07, 6.45) is 0.464. The Balaban J connectivity index is 3.34. The van der Waals surface area contributed by atoms with Crippen LogP contribution >= 0.6 is 11.6 Å². The van der Waals surface area contributed by atoms with Crippen LogP contribution in [0.25, 0.3) is 0 Å². The first-order valence-corrected chi connectivity index (χ1v) is 5.27. The van der Waals surface area contributed by atoms with Crippen molar-refractivity contribution in [3.05, 3.63) is 16.7 Å². The zero-order valence-electron chi connectivity index (χ0n) is 9.58. The first-order chi connectivity index (χ1) is 7.51. The fourth-order valence-corrected chi connectivity index (χ4v) is 1.75. The van der Waals surface area contributed by atoms with Gasteiger partial charge in [-0.15, -0.1) is 0 Å². The number of halogens is 1. The normalized spacial score (nSPS) is 12.3. The average molecular weight is 246 g/mol. The Morgan fingerprint density at radius 1 is 1.44 bits per heavy atom. The quantitative estimate of drug-likeness (QED) is 0.851. The molecule has 0 aliphatic rings. The summed E-state index contributed by atoms with van der Waals surface area (Å²) in [4.78, 5) is 0. The highest BCUT2D eigenvalue weighted by molar-refractivity contribution is 6.32. The van der Waals surface area contributed by atoms with Gasteiger partial charge in [0.1, 0.15) is 5.75 Å². The van der Waals surface area contributed by atoms with Crippen LogP contribution in [0.2, 0.25) is 5.02 Å². The minimum absolute atomic E-state index is 0.00313. The maximum atomic E-state index is 9.86. The molecule has 0 spiro atoms. The summed E-state index contributed by atoms with van der Waals surface area (Å²) in [5.74, 6) is 0.958. The van der Waals surface area contributed by atoms with Crippen molar-refractivity contribution in [2.75, 3.05) is 14.2 Å². The number of nitrogens with two attached hydrogens (primary N) is 1. The SMILES string of the molecule is COc1cc(Cl)c(O)c(CC(C)N)c1OC. The van der Waals surface area contributed by atoms with E-state index in [0.717, 1.165) is 0 Å². The fraction of sp³-hybridized carbons (Fsp3) is 0.455. The topological polar surface area (TPSA) is 64.7 Å². The average Bonchev–Trinajstić information content (AvgIpc) is 2.23. The number of hydrogen-bond donors (Lipinski definition) is 2. The molecule has 1 rings (SSSR count). The lowest BCUT2D eigenvalue weighted by Crippen LogP contribution is -2.18. The second-order valence-corrected chi connectivity index (χ2v) is 4.01. The molecule has 0 aliphatic carbocycles. The third-order valence-corrected chi connectivity index (χ3v) is 2.51. The molecule has 1 unspecified atom stereocenters. The van der Waals surface area contributed by atoms with E-state index < -0.39 is 0 Å². The fourth-order valence-electron chi connectivity index (χ4n) is 1.54. The van der Waals surface area contributed by atoms with Crippen molar-refractivity contribution in [2.24, 2.45) is 5.73 Å². The maximum Gasteiger partial charge on any atom is 0.167 e. The van der Waals surface area contributed by atoms with Gasteiger partial charge in [-0.05, 0) is 13.3 Å². The minimum atomic E-state index is -0.108. The van der Waals surface area contributed by atoms with Crippen molar-refractivity contribution in [1.82, 2.24) is 0 Å². The van der Waals surface area contributed by atoms with Crippen LogP contribution in [0, 0.1) is 0 Å². The summed E-state index contributed by atoms with van der Waals surface area (Å²) in [5, 5.41) is 10.1. The van der Waals surface area contributed by atoms with Crippen LogP contribution in [-0.4, -0.2) is 25.4 Å². The van der Waals surface area contributed by atoms with Crippen LogP contribution < -0.4 is 15.2 Å². The molecule has 0 amide bonds. The lowest BCUT2D eigenvalue weighted by atomic mass is 10.0. The summed E-state index contributed by atoms with van der Waals surface area (Å²) in [6.45, 7) is 1.84. The summed E-state index contributed by atoms with van der Waals surface area (Å²) in [5.41, 5.74) is 6.28. The molecule has 4 nitrogen and oxygen atoms in total. The molecule has 16 heavy (non-hydrogen) atoms. The molecule has 0 saturated carbocycles. The van der Waals surface area contributed by atoms with Gasteiger partial charge < -0.3 is 20.3 Å². The maximum absolute atomic E-state index is 9.86. The van der Waals surface area contributed by atoms with Gasteiger partial charge in [-0.1, -0.05) is 11.6 Å². The Labute approximate surface area is 99.9 Å². The highest BCUT2D eigenvalue weighted by atomic mass is 35.5. The van der Waals surface area contributed by atoms with Gasteiger partial charge in [-0.25, -0.2) is 0 Å². The molecule has 0 aliphatic heterocycles.